The van der Waals surface area contributed by atoms with Gasteiger partial charge in [-0.15, -0.1) is 0 Å². The van der Waals surface area contributed by atoms with Crippen molar-refractivity contribution in [3.8, 4) is 11.1 Å². The summed E-state index contributed by atoms with van der Waals surface area (Å²) < 4.78 is 2.35. The number of hydrogen-bond donors (Lipinski definition) is 0. The van der Waals surface area contributed by atoms with Crippen molar-refractivity contribution in [2.45, 2.75) is 19.9 Å². The quantitative estimate of drug-likeness (QED) is 0.503. The monoisotopic (exact) mass is 312 g/mol. The number of rotatable bonds is 4. The lowest BCUT2D eigenvalue weighted by atomic mass is 10.1. The highest BCUT2D eigenvalue weighted by atomic mass is 15.0. The number of fused-ring (bicyclic) bond motifs is 1. The fraction of sp³-hybridized carbons (Fsp3) is 0.136. The lowest BCUT2D eigenvalue weighted by Gasteiger charge is -2.07. The van der Waals surface area contributed by atoms with Crippen LogP contribution in [-0.2, 0) is 13.0 Å². The Morgan fingerprint density at radius 2 is 1.58 bits per heavy atom. The molecule has 0 atom stereocenters. The van der Waals surface area contributed by atoms with Crippen LogP contribution in [0, 0.1) is 6.92 Å². The van der Waals surface area contributed by atoms with Crippen molar-refractivity contribution in [2.75, 3.05) is 0 Å². The first kappa shape index (κ1) is 14.7. The van der Waals surface area contributed by atoms with Crippen LogP contribution < -0.4 is 0 Å². The Morgan fingerprint density at radius 1 is 0.875 bits per heavy atom. The molecule has 4 rings (SSSR count). The predicted octanol–water partition coefficient (Wildman–Crippen LogP) is 5.25. The van der Waals surface area contributed by atoms with Crippen LogP contribution in [0.15, 0.2) is 79.1 Å². The van der Waals surface area contributed by atoms with E-state index in [-0.39, 0.29) is 0 Å². The summed E-state index contributed by atoms with van der Waals surface area (Å²) >= 11 is 0. The maximum Gasteiger partial charge on any atom is 0.0703 e. The Labute approximate surface area is 142 Å². The van der Waals surface area contributed by atoms with E-state index < -0.39 is 0 Å². The Kier molecular flexibility index (Phi) is 3.87. The van der Waals surface area contributed by atoms with Crippen LogP contribution in [0.4, 0.5) is 0 Å². The van der Waals surface area contributed by atoms with E-state index in [1.54, 1.807) is 0 Å². The molecule has 118 valence electrons. The van der Waals surface area contributed by atoms with Crippen molar-refractivity contribution < 1.29 is 0 Å². The van der Waals surface area contributed by atoms with Crippen LogP contribution in [0.5, 0.6) is 0 Å². The first-order valence-electron chi connectivity index (χ1n) is 8.37. The summed E-state index contributed by atoms with van der Waals surface area (Å²) in [5.41, 5.74) is 6.23. The van der Waals surface area contributed by atoms with Crippen molar-refractivity contribution >= 4 is 10.9 Å². The molecule has 24 heavy (non-hydrogen) atoms. The molecule has 0 bridgehead atoms. The molecule has 0 radical (unpaired) electrons. The third kappa shape index (κ3) is 2.71. The summed E-state index contributed by atoms with van der Waals surface area (Å²) in [7, 11) is 0. The van der Waals surface area contributed by atoms with Gasteiger partial charge in [0, 0.05) is 29.9 Å². The maximum atomic E-state index is 4.51. The highest BCUT2D eigenvalue weighted by molar-refractivity contribution is 5.96. The number of aromatic nitrogens is 2. The van der Waals surface area contributed by atoms with Crippen LogP contribution in [0.2, 0.25) is 0 Å². The third-order valence-electron chi connectivity index (χ3n) is 4.54. The molecule has 2 aromatic heterocycles. The third-order valence-corrected chi connectivity index (χ3v) is 4.54. The molecule has 0 saturated heterocycles. The minimum Gasteiger partial charge on any atom is -0.345 e. The van der Waals surface area contributed by atoms with Gasteiger partial charge in [0.05, 0.1) is 11.2 Å². The van der Waals surface area contributed by atoms with E-state index >= 15 is 0 Å². The van der Waals surface area contributed by atoms with Gasteiger partial charge in [0.25, 0.3) is 0 Å². The molecule has 0 aliphatic rings. The Morgan fingerprint density at radius 3 is 2.33 bits per heavy atom. The van der Waals surface area contributed by atoms with Gasteiger partial charge in [-0.25, -0.2) is 0 Å². The van der Waals surface area contributed by atoms with E-state index in [9.17, 15) is 0 Å². The van der Waals surface area contributed by atoms with Crippen molar-refractivity contribution in [3.63, 3.8) is 0 Å². The minimum atomic E-state index is 0.958. The molecule has 0 fully saturated rings. The van der Waals surface area contributed by atoms with E-state index in [1.165, 1.54) is 27.6 Å². The second kappa shape index (κ2) is 6.32. The zero-order valence-corrected chi connectivity index (χ0v) is 13.8. The summed E-state index contributed by atoms with van der Waals surface area (Å²) in [5, 5.41) is 1.28. The summed E-state index contributed by atoms with van der Waals surface area (Å²) in [4.78, 5) is 4.51. The molecular weight excluding hydrogens is 292 g/mol. The topological polar surface area (TPSA) is 17.8 Å². The lowest BCUT2D eigenvalue weighted by Crippen LogP contribution is -2.01. The van der Waals surface area contributed by atoms with Crippen LogP contribution in [-0.4, -0.2) is 9.55 Å². The average Bonchev–Trinajstić information content (AvgIpc) is 3.02. The molecule has 0 amide bonds. The number of nitrogens with zero attached hydrogens (tertiary/aromatic N) is 2. The largest absolute Gasteiger partial charge is 0.345 e. The van der Waals surface area contributed by atoms with Crippen LogP contribution in [0.1, 0.15) is 11.3 Å². The van der Waals surface area contributed by atoms with Gasteiger partial charge in [0.15, 0.2) is 0 Å². The average molecular weight is 312 g/mol. The molecule has 2 heterocycles. The van der Waals surface area contributed by atoms with E-state index in [2.05, 4.69) is 89.4 Å². The van der Waals surface area contributed by atoms with E-state index in [4.69, 9.17) is 0 Å². The first-order valence-corrected chi connectivity index (χ1v) is 8.37. The molecule has 2 nitrogen and oxygen atoms in total. The van der Waals surface area contributed by atoms with Crippen LogP contribution in [0.3, 0.4) is 0 Å². The molecule has 0 aliphatic heterocycles. The highest BCUT2D eigenvalue weighted by Gasteiger charge is 2.12. The van der Waals surface area contributed by atoms with Gasteiger partial charge in [-0.1, -0.05) is 60.7 Å². The summed E-state index contributed by atoms with van der Waals surface area (Å²) in [6, 6.07) is 23.4. The zero-order chi connectivity index (χ0) is 16.4. The predicted molar refractivity (Wildman–Crippen MR) is 100 cm³/mol. The second-order valence-electron chi connectivity index (χ2n) is 6.13. The molecule has 0 aliphatic carbocycles. The van der Waals surface area contributed by atoms with Gasteiger partial charge in [0.1, 0.15) is 0 Å². The van der Waals surface area contributed by atoms with Crippen LogP contribution >= 0.6 is 0 Å². The molecular formula is C22H20N2. The summed E-state index contributed by atoms with van der Waals surface area (Å²) in [6.07, 6.45) is 5.20. The van der Waals surface area contributed by atoms with Gasteiger partial charge < -0.3 is 4.57 Å². The van der Waals surface area contributed by atoms with Gasteiger partial charge in [-0.3, -0.25) is 4.98 Å². The minimum absolute atomic E-state index is 0.958. The highest BCUT2D eigenvalue weighted by Crippen LogP contribution is 2.31. The number of pyridine rings is 1. The molecule has 0 spiro atoms. The Hall–Kier alpha value is -2.87. The van der Waals surface area contributed by atoms with Gasteiger partial charge in [-0.2, -0.15) is 0 Å². The molecule has 2 heteroatoms. The molecule has 4 aromatic rings. The first-order chi connectivity index (χ1) is 11.8. The maximum absolute atomic E-state index is 4.51. The number of aryl methyl sites for hydroxylation is 3. The van der Waals surface area contributed by atoms with E-state index in [0.29, 0.717) is 0 Å². The zero-order valence-electron chi connectivity index (χ0n) is 13.8. The standard InChI is InChI=1S/C22H20N2/c1-17-22-20(12-14-23-17)21(19-10-6-3-7-11-19)16-24(22)15-13-18-8-4-2-5-9-18/h2-12,14,16H,13,15H2,1H3. The Bertz CT molecular complexity index is 953. The van der Waals surface area contributed by atoms with Crippen molar-refractivity contribution in [1.29, 1.82) is 0 Å². The fourth-order valence-electron chi connectivity index (χ4n) is 3.35. The molecule has 0 saturated carbocycles. The lowest BCUT2D eigenvalue weighted by molar-refractivity contribution is 0.720. The van der Waals surface area contributed by atoms with E-state index in [0.717, 1.165) is 18.7 Å². The van der Waals surface area contributed by atoms with Crippen LogP contribution in [0.25, 0.3) is 22.0 Å². The second-order valence-corrected chi connectivity index (χ2v) is 6.13. The number of benzene rings is 2. The summed E-state index contributed by atoms with van der Waals surface area (Å²) in [5.74, 6) is 0. The molecule has 0 unspecified atom stereocenters. The fourth-order valence-corrected chi connectivity index (χ4v) is 3.35. The smallest absolute Gasteiger partial charge is 0.0703 e. The summed E-state index contributed by atoms with van der Waals surface area (Å²) in [6.45, 7) is 3.05. The van der Waals surface area contributed by atoms with Crippen molar-refractivity contribution in [3.05, 3.63) is 90.4 Å². The molecule has 0 N–H and O–H groups in total. The van der Waals surface area contributed by atoms with Crippen molar-refractivity contribution in [1.82, 2.24) is 9.55 Å². The van der Waals surface area contributed by atoms with E-state index in [1.807, 2.05) is 6.20 Å². The van der Waals surface area contributed by atoms with Gasteiger partial charge >= 0.3 is 0 Å². The number of hydrogen-bond acceptors (Lipinski definition) is 1. The SMILES string of the molecule is Cc1nccc2c(-c3ccccc3)cn(CCc3ccccc3)c12. The van der Waals surface area contributed by atoms with Gasteiger partial charge in [0.2, 0.25) is 0 Å². The Balaban J connectivity index is 1.78. The molecule has 2 aromatic carbocycles. The van der Waals surface area contributed by atoms with Gasteiger partial charge in [-0.05, 0) is 30.5 Å². The van der Waals surface area contributed by atoms with Crippen molar-refractivity contribution in [2.24, 2.45) is 0 Å². The normalized spacial score (nSPS) is 11.0.